The van der Waals surface area contributed by atoms with Crippen LogP contribution in [0.3, 0.4) is 0 Å². The maximum atomic E-state index is 13.5. The second-order valence-corrected chi connectivity index (χ2v) is 10.7. The third kappa shape index (κ3) is 7.08. The van der Waals surface area contributed by atoms with Gasteiger partial charge in [-0.25, -0.2) is 8.42 Å². The maximum Gasteiger partial charge on any atom is 0.244 e. The summed E-state index contributed by atoms with van der Waals surface area (Å²) in [5, 5.41) is 3.22. The standard InChI is InChI=1S/C22H27ClIN3O4S/c1-4-20(22(29)25-5-2)26(14-16-8-6-7-9-19(16)23)21(28)15-27(32(3,30)31)18-12-10-17(24)11-13-18/h6-13,20H,4-5,14-15H2,1-3H3,(H,25,29)/t20-/m1/s1. The number of hydrogen-bond donors (Lipinski definition) is 1. The summed E-state index contributed by atoms with van der Waals surface area (Å²) in [6.07, 6.45) is 1.42. The number of nitrogens with zero attached hydrogens (tertiary/aromatic N) is 2. The van der Waals surface area contributed by atoms with Gasteiger partial charge in [0.15, 0.2) is 0 Å². The van der Waals surface area contributed by atoms with E-state index in [1.807, 2.05) is 0 Å². The number of sulfonamides is 1. The molecule has 32 heavy (non-hydrogen) atoms. The molecule has 0 fully saturated rings. The Balaban J connectivity index is 2.43. The van der Waals surface area contributed by atoms with Gasteiger partial charge in [-0.15, -0.1) is 0 Å². The lowest BCUT2D eigenvalue weighted by atomic mass is 10.1. The van der Waals surface area contributed by atoms with Crippen molar-refractivity contribution in [2.75, 3.05) is 23.7 Å². The van der Waals surface area contributed by atoms with E-state index in [-0.39, 0.29) is 12.5 Å². The molecule has 2 aromatic rings. The van der Waals surface area contributed by atoms with Crippen LogP contribution in [0.25, 0.3) is 0 Å². The van der Waals surface area contributed by atoms with Gasteiger partial charge in [0.2, 0.25) is 21.8 Å². The zero-order valence-electron chi connectivity index (χ0n) is 18.2. The topological polar surface area (TPSA) is 86.8 Å². The van der Waals surface area contributed by atoms with Crippen LogP contribution in [-0.2, 0) is 26.2 Å². The molecule has 0 saturated carbocycles. The zero-order chi connectivity index (χ0) is 23.9. The van der Waals surface area contributed by atoms with Crippen LogP contribution >= 0.6 is 34.2 Å². The highest BCUT2D eigenvalue weighted by atomic mass is 127. The normalized spacial score (nSPS) is 12.2. The first-order valence-electron chi connectivity index (χ1n) is 10.1. The van der Waals surface area contributed by atoms with Crippen LogP contribution in [0.1, 0.15) is 25.8 Å². The van der Waals surface area contributed by atoms with Crippen molar-refractivity contribution in [3.63, 3.8) is 0 Å². The SMILES string of the molecule is CCNC(=O)[C@@H](CC)N(Cc1ccccc1Cl)C(=O)CN(c1ccc(I)cc1)S(C)(=O)=O. The van der Waals surface area contributed by atoms with Crippen molar-refractivity contribution in [2.45, 2.75) is 32.9 Å². The molecule has 0 unspecified atom stereocenters. The van der Waals surface area contributed by atoms with Crippen LogP contribution in [0, 0.1) is 3.57 Å². The fourth-order valence-corrected chi connectivity index (χ4v) is 4.65. The highest BCUT2D eigenvalue weighted by Gasteiger charge is 2.31. The third-order valence-corrected chi connectivity index (χ3v) is 7.06. The summed E-state index contributed by atoms with van der Waals surface area (Å²) >= 11 is 8.43. The predicted octanol–water partition coefficient (Wildman–Crippen LogP) is 3.65. The van der Waals surface area contributed by atoms with Crippen LogP contribution in [0.15, 0.2) is 48.5 Å². The second kappa shape index (κ2) is 11.9. The molecular weight excluding hydrogens is 565 g/mol. The number of nitrogens with one attached hydrogen (secondary N) is 1. The van der Waals surface area contributed by atoms with E-state index < -0.39 is 28.5 Å². The molecule has 0 heterocycles. The first-order valence-corrected chi connectivity index (χ1v) is 13.4. The molecule has 0 aliphatic heterocycles. The second-order valence-electron chi connectivity index (χ2n) is 7.18. The summed E-state index contributed by atoms with van der Waals surface area (Å²) in [6.45, 7) is 3.67. The number of anilines is 1. The number of likely N-dealkylation sites (N-methyl/N-ethyl adjacent to an activating group) is 1. The van der Waals surface area contributed by atoms with Gasteiger partial charge in [0.1, 0.15) is 12.6 Å². The van der Waals surface area contributed by atoms with E-state index in [2.05, 4.69) is 27.9 Å². The van der Waals surface area contributed by atoms with Crippen LogP contribution in [0.5, 0.6) is 0 Å². The highest BCUT2D eigenvalue weighted by molar-refractivity contribution is 14.1. The van der Waals surface area contributed by atoms with Crippen molar-refractivity contribution in [1.82, 2.24) is 10.2 Å². The Morgan fingerprint density at radius 3 is 2.25 bits per heavy atom. The summed E-state index contributed by atoms with van der Waals surface area (Å²) in [7, 11) is -3.75. The Kier molecular flexibility index (Phi) is 9.78. The number of hydrogen-bond acceptors (Lipinski definition) is 4. The molecular formula is C22H27ClIN3O4S. The number of amides is 2. The first kappa shape index (κ1) is 26.4. The van der Waals surface area contributed by atoms with E-state index in [9.17, 15) is 18.0 Å². The van der Waals surface area contributed by atoms with Gasteiger partial charge in [0, 0.05) is 21.7 Å². The van der Waals surface area contributed by atoms with Crippen molar-refractivity contribution < 1.29 is 18.0 Å². The van der Waals surface area contributed by atoms with E-state index in [1.54, 1.807) is 62.4 Å². The Hall–Kier alpha value is -1.85. The van der Waals surface area contributed by atoms with Gasteiger partial charge in [-0.3, -0.25) is 13.9 Å². The van der Waals surface area contributed by atoms with Crippen molar-refractivity contribution in [3.8, 4) is 0 Å². The Bertz CT molecular complexity index is 1050. The van der Waals surface area contributed by atoms with Crippen LogP contribution in [0.4, 0.5) is 5.69 Å². The lowest BCUT2D eigenvalue weighted by Crippen LogP contribution is -2.52. The van der Waals surface area contributed by atoms with Crippen molar-refractivity contribution >= 4 is 61.7 Å². The summed E-state index contributed by atoms with van der Waals surface area (Å²) in [6, 6.07) is 13.1. The fraction of sp³-hybridized carbons (Fsp3) is 0.364. The maximum absolute atomic E-state index is 13.5. The number of halogens is 2. The minimum Gasteiger partial charge on any atom is -0.355 e. The van der Waals surface area contributed by atoms with E-state index in [4.69, 9.17) is 11.6 Å². The molecule has 2 rings (SSSR count). The van der Waals surface area contributed by atoms with E-state index in [0.717, 1.165) is 14.1 Å². The lowest BCUT2D eigenvalue weighted by Gasteiger charge is -2.33. The molecule has 10 heteroatoms. The molecule has 1 N–H and O–H groups in total. The minimum absolute atomic E-state index is 0.0818. The van der Waals surface area contributed by atoms with Gasteiger partial charge in [-0.05, 0) is 71.8 Å². The van der Waals surface area contributed by atoms with E-state index in [1.165, 1.54) is 4.90 Å². The van der Waals surface area contributed by atoms with Crippen molar-refractivity contribution in [2.24, 2.45) is 0 Å². The third-order valence-electron chi connectivity index (χ3n) is 4.83. The number of carbonyl (C=O) groups excluding carboxylic acids is 2. The highest BCUT2D eigenvalue weighted by Crippen LogP contribution is 2.22. The van der Waals surface area contributed by atoms with E-state index in [0.29, 0.717) is 29.2 Å². The molecule has 1 atom stereocenters. The lowest BCUT2D eigenvalue weighted by molar-refractivity contribution is -0.140. The molecule has 0 aromatic heterocycles. The van der Waals surface area contributed by atoms with Gasteiger partial charge in [-0.2, -0.15) is 0 Å². The smallest absolute Gasteiger partial charge is 0.244 e. The van der Waals surface area contributed by atoms with Gasteiger partial charge in [0.25, 0.3) is 0 Å². The molecule has 2 aromatic carbocycles. The van der Waals surface area contributed by atoms with Crippen molar-refractivity contribution in [3.05, 3.63) is 62.7 Å². The molecule has 0 radical (unpaired) electrons. The van der Waals surface area contributed by atoms with Gasteiger partial charge in [-0.1, -0.05) is 36.7 Å². The zero-order valence-corrected chi connectivity index (χ0v) is 21.9. The van der Waals surface area contributed by atoms with E-state index >= 15 is 0 Å². The summed E-state index contributed by atoms with van der Waals surface area (Å²) in [5.74, 6) is -0.789. The Labute approximate surface area is 208 Å². The van der Waals surface area contributed by atoms with Gasteiger partial charge in [0.05, 0.1) is 11.9 Å². The molecule has 7 nitrogen and oxygen atoms in total. The number of benzene rings is 2. The quantitative estimate of drug-likeness (QED) is 0.428. The van der Waals surface area contributed by atoms with Crippen LogP contribution in [-0.4, -0.2) is 50.5 Å². The fourth-order valence-electron chi connectivity index (χ4n) is 3.24. The summed E-state index contributed by atoms with van der Waals surface area (Å²) in [4.78, 5) is 27.6. The molecule has 0 aliphatic rings. The molecule has 0 bridgehead atoms. The molecule has 0 spiro atoms. The number of carbonyl (C=O) groups is 2. The van der Waals surface area contributed by atoms with Crippen molar-refractivity contribution in [1.29, 1.82) is 0 Å². The largest absolute Gasteiger partial charge is 0.355 e. The minimum atomic E-state index is -3.75. The Morgan fingerprint density at radius 2 is 1.72 bits per heavy atom. The first-order chi connectivity index (χ1) is 15.1. The molecule has 0 saturated heterocycles. The van der Waals surface area contributed by atoms with Crippen LogP contribution < -0.4 is 9.62 Å². The summed E-state index contributed by atoms with van der Waals surface area (Å²) in [5.41, 5.74) is 1.05. The van der Waals surface area contributed by atoms with Gasteiger partial charge < -0.3 is 10.2 Å². The Morgan fingerprint density at radius 1 is 1.09 bits per heavy atom. The summed E-state index contributed by atoms with van der Waals surface area (Å²) < 4.78 is 27.0. The molecule has 174 valence electrons. The molecule has 0 aliphatic carbocycles. The van der Waals surface area contributed by atoms with Gasteiger partial charge >= 0.3 is 0 Å². The monoisotopic (exact) mass is 591 g/mol. The molecule has 2 amide bonds. The average Bonchev–Trinajstić information content (AvgIpc) is 2.73. The number of rotatable bonds is 10. The van der Waals surface area contributed by atoms with Crippen LogP contribution in [0.2, 0.25) is 5.02 Å². The predicted molar refractivity (Wildman–Crippen MR) is 136 cm³/mol. The average molecular weight is 592 g/mol.